The summed E-state index contributed by atoms with van der Waals surface area (Å²) in [4.78, 5) is 29.3. The number of carboxylic acids is 1. The number of amides is 1. The summed E-state index contributed by atoms with van der Waals surface area (Å²) in [6.07, 6.45) is 0.341. The Morgan fingerprint density at radius 1 is 1.16 bits per heavy atom. The van der Waals surface area contributed by atoms with E-state index in [1.54, 1.807) is 0 Å². The summed E-state index contributed by atoms with van der Waals surface area (Å²) in [5.41, 5.74) is -1.82. The van der Waals surface area contributed by atoms with Crippen molar-refractivity contribution >= 4 is 40.8 Å². The average Bonchev–Trinajstić information content (AvgIpc) is 3.40. The number of fused-ring (bicyclic) bond motifs is 1. The zero-order valence-corrected chi connectivity index (χ0v) is 25.4. The molecule has 2 heterocycles. The number of methoxy groups -OCH3 is 1. The maximum Gasteiger partial charge on any atom is 0.335 e. The van der Waals surface area contributed by atoms with Crippen LogP contribution in [0, 0.1) is 28.4 Å². The van der Waals surface area contributed by atoms with E-state index in [0.29, 0.717) is 12.1 Å². The Morgan fingerprint density at radius 2 is 1.88 bits per heavy atom. The predicted octanol–water partition coefficient (Wildman–Crippen LogP) is 7.02. The Balaban J connectivity index is 1.78. The quantitative estimate of drug-likeness (QED) is 0.316. The third kappa shape index (κ3) is 5.01. The first-order valence-corrected chi connectivity index (χ1v) is 14.3. The van der Waals surface area contributed by atoms with Crippen LogP contribution in [-0.2, 0) is 10.2 Å². The van der Waals surface area contributed by atoms with Gasteiger partial charge in [0, 0.05) is 22.5 Å². The highest BCUT2D eigenvalue weighted by Crippen LogP contribution is 2.58. The minimum absolute atomic E-state index is 0.00941. The normalized spacial score (nSPS) is 23.7. The first-order valence-electron chi connectivity index (χ1n) is 13.5. The van der Waals surface area contributed by atoms with Gasteiger partial charge in [-0.3, -0.25) is 14.6 Å². The number of carbonyl (C=O) groups is 2. The standard InChI is InChI=1S/C32H29Cl2F2N3O4/c1-31(2,3)14-25-32(15-37,20-10-9-18(33)13-22(20)35)26(19-6-5-7-21(34)27(19)36)28-29(40)38(16-39(25)28)23-11-8-17(30(41)42)12-24(23)43-4/h5-13,25-26,28H,14,16H2,1-4H3,(H,41,42)/t25-,26-,28+,32-/m0/s1. The molecule has 7 nitrogen and oxygen atoms in total. The van der Waals surface area contributed by atoms with Crippen LogP contribution in [0.3, 0.4) is 0 Å². The van der Waals surface area contributed by atoms with Crippen molar-refractivity contribution in [1.82, 2.24) is 4.90 Å². The summed E-state index contributed by atoms with van der Waals surface area (Å²) in [6.45, 7) is 5.88. The molecule has 2 aliphatic heterocycles. The van der Waals surface area contributed by atoms with E-state index in [1.165, 1.54) is 60.5 Å². The Labute approximate surface area is 258 Å². The predicted molar refractivity (Wildman–Crippen MR) is 159 cm³/mol. The molecular formula is C32H29Cl2F2N3O4. The van der Waals surface area contributed by atoms with Crippen molar-refractivity contribution in [3.63, 3.8) is 0 Å². The molecule has 5 rings (SSSR count). The summed E-state index contributed by atoms with van der Waals surface area (Å²) in [5, 5.41) is 20.5. The van der Waals surface area contributed by atoms with Crippen LogP contribution in [0.15, 0.2) is 54.6 Å². The van der Waals surface area contributed by atoms with E-state index in [-0.39, 0.29) is 39.2 Å². The van der Waals surface area contributed by atoms with Crippen LogP contribution in [0.2, 0.25) is 10.0 Å². The molecule has 2 aliphatic rings. The number of carbonyl (C=O) groups excluding carboxylic acids is 1. The fraction of sp³-hybridized carbons (Fsp3) is 0.344. The number of hydrogen-bond acceptors (Lipinski definition) is 5. The number of hydrogen-bond donors (Lipinski definition) is 1. The number of benzene rings is 3. The Morgan fingerprint density at radius 3 is 2.49 bits per heavy atom. The van der Waals surface area contributed by atoms with Crippen LogP contribution >= 0.6 is 23.2 Å². The van der Waals surface area contributed by atoms with Crippen LogP contribution in [0.5, 0.6) is 5.75 Å². The first kappa shape index (κ1) is 30.7. The monoisotopic (exact) mass is 627 g/mol. The molecule has 0 saturated carbocycles. The fourth-order valence-electron chi connectivity index (χ4n) is 6.61. The molecular weight excluding hydrogens is 599 g/mol. The number of halogens is 4. The molecule has 43 heavy (non-hydrogen) atoms. The molecule has 0 unspecified atom stereocenters. The number of anilines is 1. The molecule has 4 atom stereocenters. The van der Waals surface area contributed by atoms with Crippen LogP contribution in [0.1, 0.15) is 54.6 Å². The van der Waals surface area contributed by atoms with Gasteiger partial charge in [0.2, 0.25) is 5.91 Å². The van der Waals surface area contributed by atoms with E-state index in [1.807, 2.05) is 25.7 Å². The molecule has 0 bridgehead atoms. The summed E-state index contributed by atoms with van der Waals surface area (Å²) >= 11 is 12.3. The Kier molecular flexibility index (Phi) is 7.93. The second-order valence-electron chi connectivity index (χ2n) is 12.1. The zero-order chi connectivity index (χ0) is 31.4. The number of rotatable bonds is 6. The molecule has 0 radical (unpaired) electrons. The van der Waals surface area contributed by atoms with E-state index in [4.69, 9.17) is 27.9 Å². The second kappa shape index (κ2) is 11.1. The van der Waals surface area contributed by atoms with Gasteiger partial charge in [-0.05, 0) is 53.8 Å². The van der Waals surface area contributed by atoms with Crippen molar-refractivity contribution in [2.24, 2.45) is 5.41 Å². The Bertz CT molecular complexity index is 1670. The highest BCUT2D eigenvalue weighted by atomic mass is 35.5. The topological polar surface area (TPSA) is 93.9 Å². The number of nitriles is 1. The van der Waals surface area contributed by atoms with Gasteiger partial charge < -0.3 is 9.84 Å². The molecule has 0 aliphatic carbocycles. The van der Waals surface area contributed by atoms with Crippen molar-refractivity contribution in [2.45, 2.75) is 50.6 Å². The lowest BCUT2D eigenvalue weighted by Gasteiger charge is -2.40. The summed E-state index contributed by atoms with van der Waals surface area (Å²) < 4.78 is 37.3. The first-order chi connectivity index (χ1) is 20.2. The van der Waals surface area contributed by atoms with Crippen LogP contribution < -0.4 is 9.64 Å². The SMILES string of the molecule is COc1cc(C(=O)O)ccc1N1CN2[C@@H](CC(C)(C)C)[C@](C#N)(c3ccc(Cl)cc3F)[C@@H](c3cccc(Cl)c3F)[C@@H]2C1=O. The molecule has 1 N–H and O–H groups in total. The van der Waals surface area contributed by atoms with Crippen molar-refractivity contribution in [3.8, 4) is 11.8 Å². The van der Waals surface area contributed by atoms with Crippen LogP contribution in [0.25, 0.3) is 0 Å². The van der Waals surface area contributed by atoms with E-state index in [0.717, 1.165) is 6.07 Å². The van der Waals surface area contributed by atoms with Crippen molar-refractivity contribution in [1.29, 1.82) is 5.26 Å². The third-order valence-corrected chi connectivity index (χ3v) is 8.84. The van der Waals surface area contributed by atoms with E-state index in [9.17, 15) is 20.0 Å². The van der Waals surface area contributed by atoms with E-state index >= 15 is 8.78 Å². The van der Waals surface area contributed by atoms with Crippen molar-refractivity contribution in [3.05, 3.63) is 93.0 Å². The molecule has 1 amide bonds. The van der Waals surface area contributed by atoms with Gasteiger partial charge in [0.15, 0.2) is 0 Å². The highest BCUT2D eigenvalue weighted by molar-refractivity contribution is 6.31. The lowest BCUT2D eigenvalue weighted by molar-refractivity contribution is -0.119. The second-order valence-corrected chi connectivity index (χ2v) is 12.9. The summed E-state index contributed by atoms with van der Waals surface area (Å²) in [6, 6.07) is 13.1. The molecule has 2 fully saturated rings. The molecule has 224 valence electrons. The van der Waals surface area contributed by atoms with Gasteiger partial charge in [0.05, 0.1) is 36.1 Å². The zero-order valence-electron chi connectivity index (χ0n) is 23.9. The largest absolute Gasteiger partial charge is 0.495 e. The number of aromatic carboxylic acids is 1. The van der Waals surface area contributed by atoms with Crippen LogP contribution in [-0.4, -0.2) is 47.7 Å². The number of carboxylic acid groups (broad SMARTS) is 1. The summed E-state index contributed by atoms with van der Waals surface area (Å²) in [7, 11) is 1.36. The van der Waals surface area contributed by atoms with E-state index < -0.39 is 52.3 Å². The van der Waals surface area contributed by atoms with Crippen LogP contribution in [0.4, 0.5) is 14.5 Å². The van der Waals surface area contributed by atoms with Crippen molar-refractivity contribution in [2.75, 3.05) is 18.7 Å². The van der Waals surface area contributed by atoms with Gasteiger partial charge in [-0.1, -0.05) is 62.2 Å². The van der Waals surface area contributed by atoms with Gasteiger partial charge in [-0.15, -0.1) is 0 Å². The smallest absolute Gasteiger partial charge is 0.335 e. The average molecular weight is 629 g/mol. The molecule has 0 aromatic heterocycles. The Hall–Kier alpha value is -3.71. The van der Waals surface area contributed by atoms with Gasteiger partial charge in [0.1, 0.15) is 28.8 Å². The molecule has 0 spiro atoms. The molecule has 3 aromatic carbocycles. The minimum atomic E-state index is -1.73. The lowest BCUT2D eigenvalue weighted by Crippen LogP contribution is -2.48. The van der Waals surface area contributed by atoms with Gasteiger partial charge in [0.25, 0.3) is 0 Å². The van der Waals surface area contributed by atoms with Gasteiger partial charge in [-0.25, -0.2) is 13.6 Å². The number of ether oxygens (including phenoxy) is 1. The van der Waals surface area contributed by atoms with Crippen molar-refractivity contribution < 1.29 is 28.2 Å². The van der Waals surface area contributed by atoms with Gasteiger partial charge >= 0.3 is 5.97 Å². The maximum atomic E-state index is 15.9. The summed E-state index contributed by atoms with van der Waals surface area (Å²) in [5.74, 6) is -4.20. The van der Waals surface area contributed by atoms with Gasteiger partial charge in [-0.2, -0.15) is 5.26 Å². The number of nitrogens with zero attached hydrogens (tertiary/aromatic N) is 3. The molecule has 2 saturated heterocycles. The minimum Gasteiger partial charge on any atom is -0.495 e. The molecule has 11 heteroatoms. The fourth-order valence-corrected chi connectivity index (χ4v) is 6.95. The maximum absolute atomic E-state index is 15.9. The lowest BCUT2D eigenvalue weighted by atomic mass is 9.62. The molecule has 3 aromatic rings. The third-order valence-electron chi connectivity index (χ3n) is 8.31. The highest BCUT2D eigenvalue weighted by Gasteiger charge is 2.67. The van der Waals surface area contributed by atoms with E-state index in [2.05, 4.69) is 6.07 Å².